The van der Waals surface area contributed by atoms with Crippen molar-refractivity contribution in [2.24, 2.45) is 0 Å². The fourth-order valence-corrected chi connectivity index (χ4v) is 7.79. The van der Waals surface area contributed by atoms with Crippen LogP contribution >= 0.6 is 0 Å². The molecule has 0 amide bonds. The van der Waals surface area contributed by atoms with Crippen molar-refractivity contribution in [2.75, 3.05) is 0 Å². The third kappa shape index (κ3) is 7.32. The molecule has 8 rings (SSSR count). The van der Waals surface area contributed by atoms with Gasteiger partial charge in [-0.15, -0.1) is 0 Å². The molecule has 342 valence electrons. The highest BCUT2D eigenvalue weighted by Crippen LogP contribution is 2.58. The first-order valence-corrected chi connectivity index (χ1v) is 19.0. The second-order valence-electron chi connectivity index (χ2n) is 15.1. The van der Waals surface area contributed by atoms with Crippen molar-refractivity contribution in [3.8, 4) is 115 Å². The van der Waals surface area contributed by atoms with Crippen LogP contribution in [0.2, 0.25) is 0 Å². The second kappa shape index (κ2) is 15.8. The molecule has 2 heterocycles. The highest BCUT2D eigenvalue weighted by atomic mass is 16.6. The predicted molar refractivity (Wildman–Crippen MR) is 217 cm³/mol. The second-order valence-corrected chi connectivity index (χ2v) is 15.1. The van der Waals surface area contributed by atoms with Crippen molar-refractivity contribution in [1.82, 2.24) is 0 Å². The van der Waals surface area contributed by atoms with E-state index < -0.39 is 175 Å². The fourth-order valence-electron chi connectivity index (χ4n) is 7.79. The van der Waals surface area contributed by atoms with Gasteiger partial charge in [-0.1, -0.05) is 0 Å². The lowest BCUT2D eigenvalue weighted by Gasteiger charge is -2.37. The minimum Gasteiger partial charge on any atom is -0.508 e. The van der Waals surface area contributed by atoms with Crippen LogP contribution in [0.5, 0.6) is 103 Å². The molecule has 0 aromatic heterocycles. The van der Waals surface area contributed by atoms with E-state index in [-0.39, 0.29) is 22.6 Å². The quantitative estimate of drug-likeness (QED) is 0.0777. The van der Waals surface area contributed by atoms with Crippen molar-refractivity contribution in [1.29, 1.82) is 0 Å². The van der Waals surface area contributed by atoms with Crippen molar-refractivity contribution in [3.05, 3.63) is 94.0 Å². The topological polar surface area (TPSA) is 395 Å². The normalized spacial score (nSPS) is 17.4. The van der Waals surface area contributed by atoms with Gasteiger partial charge >= 0.3 is 11.9 Å². The first kappa shape index (κ1) is 43.3. The summed E-state index contributed by atoms with van der Waals surface area (Å²) in [6, 6.07) is 8.30. The van der Waals surface area contributed by atoms with Gasteiger partial charge in [0, 0.05) is 70.5 Å². The molecule has 66 heavy (non-hydrogen) atoms. The van der Waals surface area contributed by atoms with Crippen LogP contribution in [0.15, 0.2) is 60.7 Å². The lowest BCUT2D eigenvalue weighted by atomic mass is 9.83. The molecule has 0 unspecified atom stereocenters. The number of hydrogen-bond donors (Lipinski definition) is 16. The lowest BCUT2D eigenvalue weighted by molar-refractivity contribution is -0.0196. The Morgan fingerprint density at radius 3 is 1.05 bits per heavy atom. The number of aromatic hydroxyl groups is 16. The first-order chi connectivity index (χ1) is 31.1. The maximum Gasteiger partial charge on any atom is 0.338 e. The molecule has 16 N–H and O–H groups in total. The van der Waals surface area contributed by atoms with Crippen LogP contribution in [0.4, 0.5) is 0 Å². The third-order valence-corrected chi connectivity index (χ3v) is 10.9. The lowest BCUT2D eigenvalue weighted by Crippen LogP contribution is -2.36. The monoisotopic (exact) mass is 914 g/mol. The number of rotatable bonds is 7. The van der Waals surface area contributed by atoms with Gasteiger partial charge in [-0.25, -0.2) is 9.59 Å². The zero-order valence-corrected chi connectivity index (χ0v) is 33.1. The van der Waals surface area contributed by atoms with Crippen LogP contribution in [0.1, 0.15) is 55.2 Å². The smallest absolute Gasteiger partial charge is 0.338 e. The van der Waals surface area contributed by atoms with Gasteiger partial charge in [0.15, 0.2) is 69.7 Å². The third-order valence-electron chi connectivity index (χ3n) is 10.9. The van der Waals surface area contributed by atoms with E-state index in [9.17, 15) is 91.3 Å². The van der Waals surface area contributed by atoms with Gasteiger partial charge in [0.25, 0.3) is 0 Å². The van der Waals surface area contributed by atoms with E-state index in [1.807, 2.05) is 0 Å². The largest absolute Gasteiger partial charge is 0.508 e. The van der Waals surface area contributed by atoms with Crippen molar-refractivity contribution in [3.63, 3.8) is 0 Å². The highest BCUT2D eigenvalue weighted by molar-refractivity contribution is 5.93. The molecular formula is C44H34O22. The Kier molecular flexibility index (Phi) is 10.4. The minimum atomic E-state index is -1.87. The summed E-state index contributed by atoms with van der Waals surface area (Å²) in [5, 5.41) is 170. The Bertz CT molecular complexity index is 2790. The molecule has 2 aliphatic heterocycles. The molecule has 22 heteroatoms. The number of carbonyl (C=O) groups is 2. The number of esters is 2. The Morgan fingerprint density at radius 2 is 0.712 bits per heavy atom. The van der Waals surface area contributed by atoms with Crippen LogP contribution < -0.4 is 9.47 Å². The zero-order chi connectivity index (χ0) is 47.8. The maximum absolute atomic E-state index is 13.7. The standard InChI is InChI=1S/C44H34O22/c45-15-5-21(47)17-11-31(65-43(61)13-1-23(49)35(55)24(50)2-13)41(63-29(17)7-15)19-9-27(53)37(57)39(59)33(19)34-20(10-28(54)38(58)40(34)60)42-32(12-18-22(48)6-16(46)8-30(18)64-42)66-44(62)14-3-25(51)36(56)26(52)4-14/h1-10,31-32,41-42,45-60H,11-12H2/t31-,32-,41-,42-/m0/s1. The van der Waals surface area contributed by atoms with Gasteiger partial charge in [-0.05, 0) is 36.4 Å². The molecule has 0 spiro atoms. The molecular weight excluding hydrogens is 880 g/mol. The Hall–Kier alpha value is -9.34. The van der Waals surface area contributed by atoms with Crippen LogP contribution in [-0.4, -0.2) is 106 Å². The fraction of sp³-hybridized carbons (Fsp3) is 0.136. The Balaban J connectivity index is 1.34. The van der Waals surface area contributed by atoms with E-state index in [4.69, 9.17) is 18.9 Å². The SMILES string of the molecule is O=C(O[C@H]1Cc2c(O)cc(O)cc2O[C@H]1c1cc(O)c(O)c(O)c1-c1c([C@@H]2Oc3cc(O)cc(O)c3C[C@@H]2OC(=O)c2cc(O)c(O)c(O)c2)cc(O)c(O)c1O)c1cc(O)c(O)c(O)c1. The van der Waals surface area contributed by atoms with Crippen molar-refractivity contribution < 1.29 is 110 Å². The number of phenols is 16. The number of phenolic OH excluding ortho intramolecular Hbond substituents is 16. The van der Waals surface area contributed by atoms with Gasteiger partial charge in [0.2, 0.25) is 11.5 Å². The number of fused-ring (bicyclic) bond motifs is 2. The molecule has 2 aliphatic rings. The van der Waals surface area contributed by atoms with E-state index in [0.717, 1.165) is 60.7 Å². The molecule has 6 aromatic rings. The predicted octanol–water partition coefficient (Wildman–Crippen LogP) is 4.45. The summed E-state index contributed by atoms with van der Waals surface area (Å²) in [6.45, 7) is 0. The first-order valence-electron chi connectivity index (χ1n) is 19.0. The van der Waals surface area contributed by atoms with E-state index >= 15 is 0 Å². The van der Waals surface area contributed by atoms with Gasteiger partial charge < -0.3 is 101 Å². The van der Waals surface area contributed by atoms with Gasteiger partial charge in [0.1, 0.15) is 46.7 Å². The summed E-state index contributed by atoms with van der Waals surface area (Å²) in [5.41, 5.74) is -3.93. The van der Waals surface area contributed by atoms with Crippen LogP contribution in [-0.2, 0) is 22.3 Å². The Labute approximate surface area is 367 Å². The molecule has 0 bridgehead atoms. The minimum absolute atomic E-state index is 0.0847. The number of hydrogen-bond acceptors (Lipinski definition) is 22. The molecule has 0 fully saturated rings. The molecule has 0 radical (unpaired) electrons. The highest BCUT2D eigenvalue weighted by Gasteiger charge is 2.44. The Morgan fingerprint density at radius 1 is 0.394 bits per heavy atom. The number of ether oxygens (including phenoxy) is 4. The average molecular weight is 915 g/mol. The summed E-state index contributed by atoms with van der Waals surface area (Å²) in [5.74, 6) is -18.5. The number of benzene rings is 6. The van der Waals surface area contributed by atoms with E-state index in [1.54, 1.807) is 0 Å². The number of carbonyl (C=O) groups excluding carboxylic acids is 2. The van der Waals surface area contributed by atoms with E-state index in [0.29, 0.717) is 0 Å². The summed E-state index contributed by atoms with van der Waals surface area (Å²) in [7, 11) is 0. The molecule has 6 aromatic carbocycles. The molecule has 0 saturated carbocycles. The summed E-state index contributed by atoms with van der Waals surface area (Å²) in [4.78, 5) is 27.3. The maximum atomic E-state index is 13.7. The van der Waals surface area contributed by atoms with Gasteiger partial charge in [0.05, 0.1) is 11.1 Å². The summed E-state index contributed by atoms with van der Waals surface area (Å²) < 4.78 is 23.8. The summed E-state index contributed by atoms with van der Waals surface area (Å²) in [6.07, 6.45) is -8.25. The van der Waals surface area contributed by atoms with Crippen LogP contribution in [0, 0.1) is 0 Å². The zero-order valence-electron chi connectivity index (χ0n) is 33.1. The van der Waals surface area contributed by atoms with E-state index in [1.165, 1.54) is 0 Å². The molecule has 0 saturated heterocycles. The van der Waals surface area contributed by atoms with Crippen LogP contribution in [0.25, 0.3) is 11.1 Å². The molecule has 22 nitrogen and oxygen atoms in total. The molecule has 4 atom stereocenters. The van der Waals surface area contributed by atoms with Gasteiger partial charge in [-0.2, -0.15) is 0 Å². The molecule has 0 aliphatic carbocycles. The van der Waals surface area contributed by atoms with E-state index in [2.05, 4.69) is 0 Å². The average Bonchev–Trinajstić information content (AvgIpc) is 3.25. The van der Waals surface area contributed by atoms with Gasteiger partial charge in [-0.3, -0.25) is 0 Å². The van der Waals surface area contributed by atoms with Crippen molar-refractivity contribution >= 4 is 11.9 Å². The van der Waals surface area contributed by atoms with Crippen molar-refractivity contribution in [2.45, 2.75) is 37.3 Å². The van der Waals surface area contributed by atoms with Crippen LogP contribution in [0.3, 0.4) is 0 Å². The summed E-state index contributed by atoms with van der Waals surface area (Å²) >= 11 is 0.